The largest absolute Gasteiger partial charge is 0.465 e. The van der Waals surface area contributed by atoms with Crippen LogP contribution in [-0.2, 0) is 6.42 Å². The van der Waals surface area contributed by atoms with Crippen LogP contribution in [0.2, 0.25) is 0 Å². The van der Waals surface area contributed by atoms with Gasteiger partial charge in [-0.25, -0.2) is 4.79 Å². The Labute approximate surface area is 90.3 Å². The number of carbonyl (C=O) groups is 1. The van der Waals surface area contributed by atoms with Crippen LogP contribution in [0.1, 0.15) is 23.6 Å². The topological polar surface area (TPSA) is 49.3 Å². The van der Waals surface area contributed by atoms with E-state index in [4.69, 9.17) is 5.11 Å². The fourth-order valence-corrected chi connectivity index (χ4v) is 2.49. The van der Waals surface area contributed by atoms with Crippen molar-refractivity contribution in [3.05, 3.63) is 33.8 Å². The Bertz CT molecular complexity index is 378. The SMILES string of the molecule is O=C(O)NC1CCc2c(Br)cccc21. The third-order valence-electron chi connectivity index (χ3n) is 2.51. The van der Waals surface area contributed by atoms with Crippen molar-refractivity contribution < 1.29 is 9.90 Å². The Hall–Kier alpha value is -1.03. The van der Waals surface area contributed by atoms with Crippen LogP contribution in [0.4, 0.5) is 4.79 Å². The number of nitrogens with one attached hydrogen (secondary N) is 1. The first-order chi connectivity index (χ1) is 6.68. The molecule has 0 spiro atoms. The number of halogens is 1. The van der Waals surface area contributed by atoms with Crippen molar-refractivity contribution in [2.75, 3.05) is 0 Å². The molecule has 0 radical (unpaired) electrons. The highest BCUT2D eigenvalue weighted by molar-refractivity contribution is 9.10. The second-order valence-electron chi connectivity index (χ2n) is 3.35. The molecule has 14 heavy (non-hydrogen) atoms. The van der Waals surface area contributed by atoms with Crippen molar-refractivity contribution in [2.45, 2.75) is 18.9 Å². The Balaban J connectivity index is 2.30. The van der Waals surface area contributed by atoms with E-state index in [9.17, 15) is 4.79 Å². The van der Waals surface area contributed by atoms with Gasteiger partial charge in [0.2, 0.25) is 0 Å². The lowest BCUT2D eigenvalue weighted by Gasteiger charge is -2.11. The Kier molecular flexibility index (Phi) is 2.46. The molecule has 1 aliphatic rings. The van der Waals surface area contributed by atoms with E-state index in [1.807, 2.05) is 18.2 Å². The predicted octanol–water partition coefficient (Wildman–Crippen LogP) is 2.70. The van der Waals surface area contributed by atoms with Gasteiger partial charge in [0.1, 0.15) is 0 Å². The Morgan fingerprint density at radius 1 is 1.57 bits per heavy atom. The molecule has 74 valence electrons. The third kappa shape index (κ3) is 1.62. The van der Waals surface area contributed by atoms with E-state index in [1.54, 1.807) is 0 Å². The molecule has 1 amide bonds. The van der Waals surface area contributed by atoms with E-state index in [0.717, 1.165) is 22.9 Å². The van der Waals surface area contributed by atoms with Gasteiger partial charge in [-0.3, -0.25) is 0 Å². The lowest BCUT2D eigenvalue weighted by molar-refractivity contribution is 0.190. The summed E-state index contributed by atoms with van der Waals surface area (Å²) in [6.07, 6.45) is 0.828. The van der Waals surface area contributed by atoms with Crippen LogP contribution in [0.25, 0.3) is 0 Å². The first-order valence-electron chi connectivity index (χ1n) is 4.45. The standard InChI is InChI=1S/C10H10BrNO2/c11-8-3-1-2-7-6(8)4-5-9(7)12-10(13)14/h1-3,9,12H,4-5H2,(H,13,14). The molecule has 3 nitrogen and oxygen atoms in total. The van der Waals surface area contributed by atoms with Gasteiger partial charge in [0.15, 0.2) is 0 Å². The van der Waals surface area contributed by atoms with Crippen molar-refractivity contribution in [2.24, 2.45) is 0 Å². The molecule has 2 N–H and O–H groups in total. The summed E-state index contributed by atoms with van der Waals surface area (Å²) in [6, 6.07) is 5.86. The van der Waals surface area contributed by atoms with E-state index >= 15 is 0 Å². The van der Waals surface area contributed by atoms with Crippen molar-refractivity contribution in [3.63, 3.8) is 0 Å². The minimum Gasteiger partial charge on any atom is -0.465 e. The Morgan fingerprint density at radius 2 is 2.36 bits per heavy atom. The summed E-state index contributed by atoms with van der Waals surface area (Å²) in [7, 11) is 0. The molecule has 4 heteroatoms. The Morgan fingerprint density at radius 3 is 3.07 bits per heavy atom. The zero-order valence-corrected chi connectivity index (χ0v) is 9.04. The fourth-order valence-electron chi connectivity index (χ4n) is 1.91. The highest BCUT2D eigenvalue weighted by Gasteiger charge is 2.24. The highest BCUT2D eigenvalue weighted by Crippen LogP contribution is 2.35. The summed E-state index contributed by atoms with van der Waals surface area (Å²) in [5, 5.41) is 11.2. The summed E-state index contributed by atoms with van der Waals surface area (Å²) in [6.45, 7) is 0. The average Bonchev–Trinajstić information content (AvgIpc) is 2.49. The van der Waals surface area contributed by atoms with Crippen molar-refractivity contribution in [3.8, 4) is 0 Å². The molecule has 1 atom stereocenters. The van der Waals surface area contributed by atoms with Gasteiger partial charge in [-0.1, -0.05) is 28.1 Å². The van der Waals surface area contributed by atoms with Crippen LogP contribution >= 0.6 is 15.9 Å². The number of benzene rings is 1. The van der Waals surface area contributed by atoms with Crippen LogP contribution in [0, 0.1) is 0 Å². The number of rotatable bonds is 1. The third-order valence-corrected chi connectivity index (χ3v) is 3.25. The maximum Gasteiger partial charge on any atom is 0.405 e. The molecule has 1 unspecified atom stereocenters. The molecular formula is C10H10BrNO2. The predicted molar refractivity (Wildman–Crippen MR) is 56.4 cm³/mol. The lowest BCUT2D eigenvalue weighted by Crippen LogP contribution is -2.24. The fraction of sp³-hybridized carbons (Fsp3) is 0.300. The van der Waals surface area contributed by atoms with Crippen LogP contribution in [-0.4, -0.2) is 11.2 Å². The van der Waals surface area contributed by atoms with Crippen molar-refractivity contribution in [1.82, 2.24) is 5.32 Å². The van der Waals surface area contributed by atoms with Crippen molar-refractivity contribution in [1.29, 1.82) is 0 Å². The molecule has 0 fully saturated rings. The molecule has 2 rings (SSSR count). The molecule has 0 saturated heterocycles. The van der Waals surface area contributed by atoms with E-state index in [-0.39, 0.29) is 6.04 Å². The van der Waals surface area contributed by atoms with E-state index in [1.165, 1.54) is 5.56 Å². The maximum absolute atomic E-state index is 10.5. The van der Waals surface area contributed by atoms with Gasteiger partial charge in [0.25, 0.3) is 0 Å². The normalized spacial score (nSPS) is 19.1. The highest BCUT2D eigenvalue weighted by atomic mass is 79.9. The first-order valence-corrected chi connectivity index (χ1v) is 5.24. The van der Waals surface area contributed by atoms with E-state index in [2.05, 4.69) is 21.2 Å². The molecule has 0 aromatic heterocycles. The summed E-state index contributed by atoms with van der Waals surface area (Å²) >= 11 is 3.47. The zero-order valence-electron chi connectivity index (χ0n) is 7.46. The smallest absolute Gasteiger partial charge is 0.405 e. The molecule has 1 aromatic rings. The van der Waals surface area contributed by atoms with E-state index < -0.39 is 6.09 Å². The maximum atomic E-state index is 10.5. The van der Waals surface area contributed by atoms with Crippen LogP contribution in [0.3, 0.4) is 0 Å². The number of hydrogen-bond acceptors (Lipinski definition) is 1. The van der Waals surface area contributed by atoms with Crippen LogP contribution in [0.5, 0.6) is 0 Å². The van der Waals surface area contributed by atoms with Crippen molar-refractivity contribution >= 4 is 22.0 Å². The molecule has 0 heterocycles. The second-order valence-corrected chi connectivity index (χ2v) is 4.20. The van der Waals surface area contributed by atoms with Crippen LogP contribution in [0.15, 0.2) is 22.7 Å². The van der Waals surface area contributed by atoms with Gasteiger partial charge in [0, 0.05) is 4.47 Å². The molecule has 0 saturated carbocycles. The van der Waals surface area contributed by atoms with Crippen LogP contribution < -0.4 is 5.32 Å². The summed E-state index contributed by atoms with van der Waals surface area (Å²) in [4.78, 5) is 10.5. The second kappa shape index (κ2) is 3.61. The summed E-state index contributed by atoms with van der Waals surface area (Å²) in [5.74, 6) is 0. The van der Waals surface area contributed by atoms with Gasteiger partial charge in [-0.2, -0.15) is 0 Å². The minimum atomic E-state index is -0.956. The van der Waals surface area contributed by atoms with Gasteiger partial charge in [-0.05, 0) is 30.0 Å². The molecular weight excluding hydrogens is 246 g/mol. The van der Waals surface area contributed by atoms with Gasteiger partial charge in [0.05, 0.1) is 6.04 Å². The number of carboxylic acid groups (broad SMARTS) is 1. The molecule has 0 aliphatic heterocycles. The van der Waals surface area contributed by atoms with E-state index in [0.29, 0.717) is 0 Å². The monoisotopic (exact) mass is 255 g/mol. The lowest BCUT2D eigenvalue weighted by atomic mass is 10.1. The molecule has 1 aliphatic carbocycles. The first kappa shape index (κ1) is 9.52. The zero-order chi connectivity index (χ0) is 10.1. The molecule has 0 bridgehead atoms. The minimum absolute atomic E-state index is 0.0417. The average molecular weight is 256 g/mol. The number of fused-ring (bicyclic) bond motifs is 1. The molecule has 1 aromatic carbocycles. The van der Waals surface area contributed by atoms with Gasteiger partial charge >= 0.3 is 6.09 Å². The summed E-state index contributed by atoms with van der Waals surface area (Å²) in [5.41, 5.74) is 2.33. The van der Waals surface area contributed by atoms with Gasteiger partial charge in [-0.15, -0.1) is 0 Å². The van der Waals surface area contributed by atoms with Gasteiger partial charge < -0.3 is 10.4 Å². The number of amides is 1. The quantitative estimate of drug-likeness (QED) is 0.811. The number of hydrogen-bond donors (Lipinski definition) is 2. The summed E-state index contributed by atoms with van der Waals surface area (Å²) < 4.78 is 1.07.